The standard InChI is InChI=1S/C19H27N5O/c1-13-8-14(2)24(21-13)12-16-6-4-5-7-23(16)19(25)18-9-17(18)15-10-20-22(3)11-15/h8,10-11,16-18H,4-7,9,12H2,1-3H3/t16-,17-,18+/m0/s1. The van der Waals surface area contributed by atoms with E-state index in [1.807, 2.05) is 31.0 Å². The summed E-state index contributed by atoms with van der Waals surface area (Å²) < 4.78 is 3.89. The van der Waals surface area contributed by atoms with Crippen LogP contribution in [-0.4, -0.2) is 43.0 Å². The van der Waals surface area contributed by atoms with Crippen molar-refractivity contribution in [2.75, 3.05) is 6.54 Å². The molecule has 1 aliphatic heterocycles. The minimum Gasteiger partial charge on any atom is -0.338 e. The lowest BCUT2D eigenvalue weighted by Crippen LogP contribution is -2.47. The molecule has 2 aromatic rings. The number of likely N-dealkylation sites (tertiary alicyclic amines) is 1. The Balaban J connectivity index is 1.46. The first-order valence-corrected chi connectivity index (χ1v) is 9.33. The second kappa shape index (κ2) is 6.32. The first kappa shape index (κ1) is 16.4. The van der Waals surface area contributed by atoms with Crippen molar-refractivity contribution in [3.05, 3.63) is 35.4 Å². The van der Waals surface area contributed by atoms with Crippen LogP contribution in [0.4, 0.5) is 0 Å². The molecule has 0 spiro atoms. The molecule has 1 amide bonds. The first-order valence-electron chi connectivity index (χ1n) is 9.33. The number of piperidine rings is 1. The Hall–Kier alpha value is -2.11. The van der Waals surface area contributed by atoms with Crippen molar-refractivity contribution < 1.29 is 4.79 Å². The minimum atomic E-state index is 0.144. The highest BCUT2D eigenvalue weighted by Gasteiger charge is 2.47. The van der Waals surface area contributed by atoms with Crippen LogP contribution in [0.3, 0.4) is 0 Å². The van der Waals surface area contributed by atoms with Crippen LogP contribution in [0.1, 0.15) is 48.6 Å². The Morgan fingerprint density at radius 2 is 2.16 bits per heavy atom. The van der Waals surface area contributed by atoms with Crippen molar-refractivity contribution in [3.8, 4) is 0 Å². The van der Waals surface area contributed by atoms with E-state index in [0.29, 0.717) is 11.8 Å². The van der Waals surface area contributed by atoms with Gasteiger partial charge in [0.25, 0.3) is 0 Å². The highest BCUT2D eigenvalue weighted by molar-refractivity contribution is 5.83. The van der Waals surface area contributed by atoms with Gasteiger partial charge in [-0.1, -0.05) is 0 Å². The van der Waals surface area contributed by atoms with Crippen LogP contribution in [0, 0.1) is 19.8 Å². The van der Waals surface area contributed by atoms with Crippen LogP contribution < -0.4 is 0 Å². The van der Waals surface area contributed by atoms with Gasteiger partial charge in [-0.3, -0.25) is 14.2 Å². The van der Waals surface area contributed by atoms with Gasteiger partial charge in [-0.25, -0.2) is 0 Å². The summed E-state index contributed by atoms with van der Waals surface area (Å²) in [5.41, 5.74) is 3.42. The number of carbonyl (C=O) groups excluding carboxylic acids is 1. The molecule has 4 rings (SSSR count). The zero-order chi connectivity index (χ0) is 17.6. The van der Waals surface area contributed by atoms with Gasteiger partial charge >= 0.3 is 0 Å². The number of carbonyl (C=O) groups is 1. The summed E-state index contributed by atoms with van der Waals surface area (Å²) in [5.74, 6) is 0.836. The van der Waals surface area contributed by atoms with Crippen LogP contribution in [0.5, 0.6) is 0 Å². The maximum atomic E-state index is 13.1. The number of amides is 1. The van der Waals surface area contributed by atoms with E-state index in [0.717, 1.165) is 38.0 Å². The molecule has 134 valence electrons. The van der Waals surface area contributed by atoms with E-state index in [4.69, 9.17) is 0 Å². The smallest absolute Gasteiger partial charge is 0.226 e. The molecule has 6 heteroatoms. The average molecular weight is 341 g/mol. The van der Waals surface area contributed by atoms with E-state index < -0.39 is 0 Å². The molecular weight excluding hydrogens is 314 g/mol. The van der Waals surface area contributed by atoms with E-state index in [1.54, 1.807) is 0 Å². The summed E-state index contributed by atoms with van der Waals surface area (Å²) >= 11 is 0. The number of aryl methyl sites for hydroxylation is 3. The van der Waals surface area contributed by atoms with Crippen molar-refractivity contribution in [1.82, 2.24) is 24.5 Å². The van der Waals surface area contributed by atoms with Gasteiger partial charge in [-0.2, -0.15) is 10.2 Å². The van der Waals surface area contributed by atoms with Gasteiger partial charge in [-0.05, 0) is 57.1 Å². The lowest BCUT2D eigenvalue weighted by Gasteiger charge is -2.36. The molecule has 0 unspecified atom stereocenters. The zero-order valence-corrected chi connectivity index (χ0v) is 15.4. The highest BCUT2D eigenvalue weighted by atomic mass is 16.2. The van der Waals surface area contributed by atoms with Crippen molar-refractivity contribution in [3.63, 3.8) is 0 Å². The summed E-state index contributed by atoms with van der Waals surface area (Å²) in [6.45, 7) is 5.82. The summed E-state index contributed by atoms with van der Waals surface area (Å²) in [4.78, 5) is 15.3. The normalized spacial score (nSPS) is 26.0. The predicted molar refractivity (Wildman–Crippen MR) is 95.1 cm³/mol. The fraction of sp³-hybridized carbons (Fsp3) is 0.632. The Morgan fingerprint density at radius 3 is 2.84 bits per heavy atom. The third-order valence-corrected chi connectivity index (χ3v) is 5.66. The van der Waals surface area contributed by atoms with Crippen molar-refractivity contribution in [1.29, 1.82) is 0 Å². The number of hydrogen-bond donors (Lipinski definition) is 0. The van der Waals surface area contributed by atoms with Gasteiger partial charge in [0.1, 0.15) is 0 Å². The summed E-state index contributed by atoms with van der Waals surface area (Å²) in [7, 11) is 1.93. The highest BCUT2D eigenvalue weighted by Crippen LogP contribution is 2.48. The number of aromatic nitrogens is 4. The maximum Gasteiger partial charge on any atom is 0.226 e. The molecule has 2 aromatic heterocycles. The molecule has 0 radical (unpaired) electrons. The SMILES string of the molecule is Cc1cc(C)n(C[C@@H]2CCCCN2C(=O)[C@@H]2C[C@H]2c2cnn(C)c2)n1. The quantitative estimate of drug-likeness (QED) is 0.858. The fourth-order valence-electron chi connectivity index (χ4n) is 4.22. The third kappa shape index (κ3) is 3.22. The fourth-order valence-corrected chi connectivity index (χ4v) is 4.22. The van der Waals surface area contributed by atoms with E-state index in [9.17, 15) is 4.79 Å². The van der Waals surface area contributed by atoms with Gasteiger partial charge < -0.3 is 4.90 Å². The van der Waals surface area contributed by atoms with Crippen molar-refractivity contribution in [2.45, 2.75) is 58.0 Å². The zero-order valence-electron chi connectivity index (χ0n) is 15.4. The molecule has 1 saturated carbocycles. The number of hydrogen-bond acceptors (Lipinski definition) is 3. The summed E-state index contributed by atoms with van der Waals surface area (Å²) in [6.07, 6.45) is 8.30. The predicted octanol–water partition coefficient (Wildman–Crippen LogP) is 2.42. The van der Waals surface area contributed by atoms with Gasteiger partial charge in [-0.15, -0.1) is 0 Å². The van der Waals surface area contributed by atoms with Crippen LogP contribution in [0.15, 0.2) is 18.5 Å². The number of nitrogens with zero attached hydrogens (tertiary/aromatic N) is 5. The molecule has 6 nitrogen and oxygen atoms in total. The molecule has 0 N–H and O–H groups in total. The molecule has 0 aromatic carbocycles. The van der Waals surface area contributed by atoms with Gasteiger partial charge in [0.15, 0.2) is 0 Å². The molecule has 25 heavy (non-hydrogen) atoms. The van der Waals surface area contributed by atoms with E-state index in [2.05, 4.69) is 32.8 Å². The van der Waals surface area contributed by atoms with Crippen molar-refractivity contribution >= 4 is 5.91 Å². The summed E-state index contributed by atoms with van der Waals surface area (Å²) in [6, 6.07) is 2.38. The molecule has 2 fully saturated rings. The van der Waals surface area contributed by atoms with Crippen LogP contribution in [-0.2, 0) is 18.4 Å². The maximum absolute atomic E-state index is 13.1. The molecular formula is C19H27N5O. The molecule has 1 aliphatic carbocycles. The Bertz CT molecular complexity index is 777. The molecule has 1 saturated heterocycles. The monoisotopic (exact) mass is 341 g/mol. The Labute approximate surface area is 148 Å². The molecule has 3 heterocycles. The first-order chi connectivity index (χ1) is 12.0. The lowest BCUT2D eigenvalue weighted by atomic mass is 10.0. The van der Waals surface area contributed by atoms with Gasteiger partial charge in [0.05, 0.1) is 24.5 Å². The largest absolute Gasteiger partial charge is 0.338 e. The summed E-state index contributed by atoms with van der Waals surface area (Å²) in [5, 5.41) is 8.84. The van der Waals surface area contributed by atoms with E-state index >= 15 is 0 Å². The number of rotatable bonds is 4. The van der Waals surface area contributed by atoms with Crippen LogP contribution >= 0.6 is 0 Å². The van der Waals surface area contributed by atoms with E-state index in [1.165, 1.54) is 17.7 Å². The van der Waals surface area contributed by atoms with Crippen molar-refractivity contribution in [2.24, 2.45) is 13.0 Å². The topological polar surface area (TPSA) is 56.0 Å². The second-order valence-corrected chi connectivity index (χ2v) is 7.69. The van der Waals surface area contributed by atoms with Crippen LogP contribution in [0.2, 0.25) is 0 Å². The molecule has 0 bridgehead atoms. The van der Waals surface area contributed by atoms with E-state index in [-0.39, 0.29) is 12.0 Å². The Kier molecular flexibility index (Phi) is 4.13. The van der Waals surface area contributed by atoms with Gasteiger partial charge in [0, 0.05) is 31.4 Å². The third-order valence-electron chi connectivity index (χ3n) is 5.66. The average Bonchev–Trinajstić information content (AvgIpc) is 3.17. The minimum absolute atomic E-state index is 0.144. The Morgan fingerprint density at radius 1 is 1.32 bits per heavy atom. The van der Waals surface area contributed by atoms with Gasteiger partial charge in [0.2, 0.25) is 5.91 Å². The molecule has 2 aliphatic rings. The lowest BCUT2D eigenvalue weighted by molar-refractivity contribution is -0.136. The van der Waals surface area contributed by atoms with Crippen LogP contribution in [0.25, 0.3) is 0 Å². The molecule has 3 atom stereocenters. The second-order valence-electron chi connectivity index (χ2n) is 7.69.